The summed E-state index contributed by atoms with van der Waals surface area (Å²) in [4.78, 5) is 23.9. The lowest BCUT2D eigenvalue weighted by molar-refractivity contribution is 0.433. The molecule has 10 heteroatoms. The van der Waals surface area contributed by atoms with Crippen LogP contribution in [0.1, 0.15) is 11.1 Å². The van der Waals surface area contributed by atoms with Gasteiger partial charge in [-0.25, -0.2) is 13.8 Å². The average molecular weight is 442 g/mol. The summed E-state index contributed by atoms with van der Waals surface area (Å²) >= 11 is 2.78. The molecule has 0 saturated carbocycles. The van der Waals surface area contributed by atoms with E-state index in [0.29, 0.717) is 32.4 Å². The van der Waals surface area contributed by atoms with Crippen LogP contribution in [0.4, 0.5) is 8.78 Å². The molecule has 6 nitrogen and oxygen atoms in total. The van der Waals surface area contributed by atoms with Crippen LogP contribution in [0, 0.1) is 18.6 Å². The summed E-state index contributed by atoms with van der Waals surface area (Å²) in [6.45, 7) is 1.73. The van der Waals surface area contributed by atoms with Gasteiger partial charge in [-0.2, -0.15) is 4.98 Å². The van der Waals surface area contributed by atoms with E-state index < -0.39 is 11.6 Å². The highest BCUT2D eigenvalue weighted by Crippen LogP contribution is 2.36. The molecule has 0 bridgehead atoms. The van der Waals surface area contributed by atoms with Crippen molar-refractivity contribution in [3.05, 3.63) is 75.2 Å². The summed E-state index contributed by atoms with van der Waals surface area (Å²) in [6.07, 6.45) is 1.36. The topological polar surface area (TPSA) is 73.8 Å². The van der Waals surface area contributed by atoms with Crippen LogP contribution in [-0.4, -0.2) is 19.7 Å². The third-order valence-corrected chi connectivity index (χ3v) is 6.69. The Morgan fingerprint density at radius 2 is 2.10 bits per heavy atom. The zero-order valence-corrected chi connectivity index (χ0v) is 17.1. The molecule has 0 amide bonds. The number of rotatable bonds is 4. The first kappa shape index (κ1) is 18.8. The van der Waals surface area contributed by atoms with E-state index >= 15 is 0 Å². The minimum Gasteiger partial charge on any atom is -0.333 e. The van der Waals surface area contributed by atoms with Crippen LogP contribution < -0.4 is 5.56 Å². The minimum absolute atomic E-state index is 0.0540. The van der Waals surface area contributed by atoms with E-state index in [2.05, 4.69) is 15.1 Å². The molecule has 0 saturated heterocycles. The maximum Gasteiger partial charge on any atom is 0.268 e. The molecule has 0 aliphatic rings. The van der Waals surface area contributed by atoms with Crippen LogP contribution >= 0.6 is 22.7 Å². The molecule has 5 rings (SSSR count). The molecule has 150 valence electrons. The fourth-order valence-electron chi connectivity index (χ4n) is 3.13. The van der Waals surface area contributed by atoms with Crippen molar-refractivity contribution >= 4 is 32.9 Å². The first-order valence-corrected chi connectivity index (χ1v) is 10.5. The fraction of sp³-hybridized carbons (Fsp3) is 0.100. The molecular formula is C20H12F2N4O2S2. The molecule has 0 N–H and O–H groups in total. The Kier molecular flexibility index (Phi) is 4.52. The van der Waals surface area contributed by atoms with E-state index in [-0.39, 0.29) is 17.7 Å². The molecule has 5 aromatic rings. The van der Waals surface area contributed by atoms with E-state index in [1.54, 1.807) is 6.92 Å². The van der Waals surface area contributed by atoms with Gasteiger partial charge in [-0.05, 0) is 30.0 Å². The Morgan fingerprint density at radius 1 is 1.23 bits per heavy atom. The standard InChI is InChI=1S/C20H12F2N4O2S2/c1-10-15-19(30-16(10)18-24-17(25-28-18)14-3-2-6-29-14)23-9-26(20(15)27)8-11-4-5-12(21)7-13(11)22/h2-7,9H,8H2,1H3. The van der Waals surface area contributed by atoms with Crippen molar-refractivity contribution in [3.8, 4) is 21.5 Å². The third kappa shape index (κ3) is 3.14. The summed E-state index contributed by atoms with van der Waals surface area (Å²) in [5, 5.41) is 6.35. The minimum atomic E-state index is -0.711. The van der Waals surface area contributed by atoms with Crippen molar-refractivity contribution in [3.63, 3.8) is 0 Å². The number of fused-ring (bicyclic) bond motifs is 1. The van der Waals surface area contributed by atoms with E-state index in [1.165, 1.54) is 39.6 Å². The lowest BCUT2D eigenvalue weighted by atomic mass is 10.2. The van der Waals surface area contributed by atoms with Gasteiger partial charge in [-0.1, -0.05) is 17.3 Å². The maximum atomic E-state index is 14.0. The predicted molar refractivity (Wildman–Crippen MR) is 111 cm³/mol. The molecule has 0 radical (unpaired) electrons. The lowest BCUT2D eigenvalue weighted by Gasteiger charge is -2.07. The number of aromatic nitrogens is 4. The van der Waals surface area contributed by atoms with Crippen molar-refractivity contribution < 1.29 is 13.3 Å². The van der Waals surface area contributed by atoms with E-state index in [4.69, 9.17) is 4.52 Å². The highest BCUT2D eigenvalue weighted by Gasteiger charge is 2.21. The lowest BCUT2D eigenvalue weighted by Crippen LogP contribution is -2.21. The van der Waals surface area contributed by atoms with Crippen LogP contribution in [0.3, 0.4) is 0 Å². The van der Waals surface area contributed by atoms with Crippen molar-refractivity contribution in [2.45, 2.75) is 13.5 Å². The van der Waals surface area contributed by atoms with E-state index in [9.17, 15) is 13.6 Å². The number of thiophene rings is 2. The second-order valence-corrected chi connectivity index (χ2v) is 8.50. The average Bonchev–Trinajstić information content (AvgIpc) is 3.46. The molecule has 4 aromatic heterocycles. The van der Waals surface area contributed by atoms with Crippen LogP contribution in [0.15, 0.2) is 51.4 Å². The zero-order chi connectivity index (χ0) is 20.8. The second kappa shape index (κ2) is 7.22. The number of aryl methyl sites for hydroxylation is 1. The molecule has 4 heterocycles. The Bertz CT molecular complexity index is 1440. The number of hydrogen-bond acceptors (Lipinski definition) is 7. The largest absolute Gasteiger partial charge is 0.333 e. The number of halogens is 2. The summed E-state index contributed by atoms with van der Waals surface area (Å²) < 4.78 is 33.9. The smallest absolute Gasteiger partial charge is 0.268 e. The molecule has 1 aromatic carbocycles. The van der Waals surface area contributed by atoms with Gasteiger partial charge in [0.2, 0.25) is 5.82 Å². The van der Waals surface area contributed by atoms with Crippen LogP contribution in [-0.2, 0) is 6.54 Å². The van der Waals surface area contributed by atoms with Crippen LogP contribution in [0.2, 0.25) is 0 Å². The first-order valence-electron chi connectivity index (χ1n) is 8.81. The van der Waals surface area contributed by atoms with Gasteiger partial charge in [0.25, 0.3) is 11.4 Å². The molecule has 0 aliphatic heterocycles. The highest BCUT2D eigenvalue weighted by molar-refractivity contribution is 7.22. The summed E-state index contributed by atoms with van der Waals surface area (Å²) in [5.74, 6) is -0.586. The van der Waals surface area contributed by atoms with Gasteiger partial charge in [-0.15, -0.1) is 22.7 Å². The summed E-state index contributed by atoms with van der Waals surface area (Å²) in [5.41, 5.74) is 0.551. The van der Waals surface area contributed by atoms with Crippen molar-refractivity contribution in [2.75, 3.05) is 0 Å². The van der Waals surface area contributed by atoms with Gasteiger partial charge in [0.05, 0.1) is 28.0 Å². The van der Waals surface area contributed by atoms with Crippen LogP contribution in [0.25, 0.3) is 31.7 Å². The van der Waals surface area contributed by atoms with Gasteiger partial charge in [0.15, 0.2) is 0 Å². The van der Waals surface area contributed by atoms with Crippen molar-refractivity contribution in [1.82, 2.24) is 19.7 Å². The Morgan fingerprint density at radius 3 is 2.87 bits per heavy atom. The predicted octanol–water partition coefficient (Wildman–Crippen LogP) is 4.87. The molecule has 0 unspecified atom stereocenters. The fourth-order valence-corrected chi connectivity index (χ4v) is 4.84. The number of nitrogens with zero attached hydrogens (tertiary/aromatic N) is 4. The number of hydrogen-bond donors (Lipinski definition) is 0. The van der Waals surface area contributed by atoms with Crippen LogP contribution in [0.5, 0.6) is 0 Å². The van der Waals surface area contributed by atoms with E-state index in [0.717, 1.165) is 17.0 Å². The van der Waals surface area contributed by atoms with E-state index in [1.807, 2.05) is 17.5 Å². The van der Waals surface area contributed by atoms with Gasteiger partial charge < -0.3 is 4.52 Å². The van der Waals surface area contributed by atoms with Gasteiger partial charge in [-0.3, -0.25) is 9.36 Å². The van der Waals surface area contributed by atoms with Gasteiger partial charge in [0, 0.05) is 11.6 Å². The molecular weight excluding hydrogens is 430 g/mol. The normalized spacial score (nSPS) is 11.4. The maximum absolute atomic E-state index is 14.0. The number of benzene rings is 1. The Balaban J connectivity index is 1.56. The van der Waals surface area contributed by atoms with Crippen molar-refractivity contribution in [1.29, 1.82) is 0 Å². The molecule has 30 heavy (non-hydrogen) atoms. The third-order valence-electron chi connectivity index (χ3n) is 4.63. The zero-order valence-electron chi connectivity index (χ0n) is 15.4. The quantitative estimate of drug-likeness (QED) is 0.397. The van der Waals surface area contributed by atoms with Gasteiger partial charge in [0.1, 0.15) is 16.5 Å². The second-order valence-electron chi connectivity index (χ2n) is 6.55. The Labute approximate surface area is 176 Å². The summed E-state index contributed by atoms with van der Waals surface area (Å²) in [7, 11) is 0. The Hall–Kier alpha value is -3.24. The summed E-state index contributed by atoms with van der Waals surface area (Å²) in [6, 6.07) is 7.06. The highest BCUT2D eigenvalue weighted by atomic mass is 32.1. The molecule has 0 atom stereocenters. The SMILES string of the molecule is Cc1c(-c2nc(-c3cccs3)no2)sc2ncn(Cc3ccc(F)cc3F)c(=O)c12. The van der Waals surface area contributed by atoms with Crippen molar-refractivity contribution in [2.24, 2.45) is 0 Å². The monoisotopic (exact) mass is 442 g/mol. The van der Waals surface area contributed by atoms with Gasteiger partial charge >= 0.3 is 0 Å². The molecule has 0 aliphatic carbocycles. The molecule has 0 spiro atoms. The molecule has 0 fully saturated rings. The first-order chi connectivity index (χ1) is 14.5.